The van der Waals surface area contributed by atoms with Gasteiger partial charge < -0.3 is 10.1 Å². The first kappa shape index (κ1) is 16.0. The summed E-state index contributed by atoms with van der Waals surface area (Å²) >= 11 is 0. The van der Waals surface area contributed by atoms with E-state index in [1.54, 1.807) is 6.20 Å². The summed E-state index contributed by atoms with van der Waals surface area (Å²) in [5.74, 6) is 1.84. The monoisotopic (exact) mass is 310 g/mol. The molecule has 0 atom stereocenters. The Labute approximate surface area is 139 Å². The van der Waals surface area contributed by atoms with Crippen LogP contribution in [0.4, 0.5) is 0 Å². The van der Waals surface area contributed by atoms with E-state index in [4.69, 9.17) is 4.74 Å². The number of pyridine rings is 1. The van der Waals surface area contributed by atoms with Gasteiger partial charge in [0.15, 0.2) is 0 Å². The number of hydrogen-bond donors (Lipinski definition) is 1. The number of rotatable bonds is 6. The molecule has 0 radical (unpaired) electrons. The van der Waals surface area contributed by atoms with Crippen molar-refractivity contribution in [2.24, 2.45) is 5.92 Å². The summed E-state index contributed by atoms with van der Waals surface area (Å²) in [4.78, 5) is 4.31. The Morgan fingerprint density at radius 1 is 1.04 bits per heavy atom. The standard InChI is InChI=1S/C20H26N2O/c1-16-9-11-18(12-10-16)22-14-17-6-2-3-8-20(17)23-15-19-7-4-5-13-21-19/h2-8,13,16,18,22H,9-12,14-15H2,1H3. The van der Waals surface area contributed by atoms with Crippen molar-refractivity contribution in [3.8, 4) is 5.75 Å². The molecule has 0 bridgehead atoms. The SMILES string of the molecule is CC1CCC(NCc2ccccc2OCc2ccccn2)CC1. The molecule has 3 rings (SSSR count). The Bertz CT molecular complexity index is 592. The molecule has 2 aromatic rings. The lowest BCUT2D eigenvalue weighted by atomic mass is 9.87. The van der Waals surface area contributed by atoms with Crippen LogP contribution in [0.3, 0.4) is 0 Å². The number of nitrogens with zero attached hydrogens (tertiary/aromatic N) is 1. The van der Waals surface area contributed by atoms with Crippen LogP contribution in [0.2, 0.25) is 0 Å². The van der Waals surface area contributed by atoms with Crippen molar-refractivity contribution in [2.45, 2.75) is 51.8 Å². The molecule has 0 amide bonds. The lowest BCUT2D eigenvalue weighted by Gasteiger charge is -2.27. The van der Waals surface area contributed by atoms with Gasteiger partial charge in [0.1, 0.15) is 12.4 Å². The van der Waals surface area contributed by atoms with Crippen LogP contribution in [0.1, 0.15) is 43.9 Å². The van der Waals surface area contributed by atoms with Crippen molar-refractivity contribution in [3.05, 3.63) is 59.9 Å². The molecule has 1 N–H and O–H groups in total. The quantitative estimate of drug-likeness (QED) is 0.862. The summed E-state index contributed by atoms with van der Waals surface area (Å²) in [5, 5.41) is 3.70. The van der Waals surface area contributed by atoms with Crippen LogP contribution >= 0.6 is 0 Å². The molecule has 1 aromatic carbocycles. The minimum absolute atomic E-state index is 0.513. The van der Waals surface area contributed by atoms with Crippen LogP contribution in [0.5, 0.6) is 5.75 Å². The number of benzene rings is 1. The van der Waals surface area contributed by atoms with Crippen LogP contribution in [-0.2, 0) is 13.2 Å². The first-order chi connectivity index (χ1) is 11.3. The molecular weight excluding hydrogens is 284 g/mol. The highest BCUT2D eigenvalue weighted by molar-refractivity contribution is 5.33. The zero-order valence-electron chi connectivity index (χ0n) is 13.9. The third-order valence-corrected chi connectivity index (χ3v) is 4.67. The second-order valence-electron chi connectivity index (χ2n) is 6.56. The second kappa shape index (κ2) is 8.11. The number of ether oxygens (including phenoxy) is 1. The largest absolute Gasteiger partial charge is 0.487 e. The maximum atomic E-state index is 5.98. The minimum Gasteiger partial charge on any atom is -0.487 e. The van der Waals surface area contributed by atoms with Crippen molar-refractivity contribution >= 4 is 0 Å². The van der Waals surface area contributed by atoms with Gasteiger partial charge in [-0.2, -0.15) is 0 Å². The van der Waals surface area contributed by atoms with Crippen LogP contribution < -0.4 is 10.1 Å². The highest BCUT2D eigenvalue weighted by Crippen LogP contribution is 2.25. The second-order valence-corrected chi connectivity index (χ2v) is 6.56. The molecule has 1 aliphatic rings. The maximum Gasteiger partial charge on any atom is 0.130 e. The van der Waals surface area contributed by atoms with Crippen molar-refractivity contribution in [3.63, 3.8) is 0 Å². The molecule has 1 fully saturated rings. The van der Waals surface area contributed by atoms with Gasteiger partial charge >= 0.3 is 0 Å². The summed E-state index contributed by atoms with van der Waals surface area (Å²) in [6, 6.07) is 14.8. The normalized spacial score (nSPS) is 21.1. The predicted molar refractivity (Wildman–Crippen MR) is 93.3 cm³/mol. The molecule has 0 spiro atoms. The molecule has 1 aliphatic carbocycles. The first-order valence-corrected chi connectivity index (χ1v) is 8.65. The van der Waals surface area contributed by atoms with Crippen molar-refractivity contribution < 1.29 is 4.74 Å². The van der Waals surface area contributed by atoms with E-state index in [2.05, 4.69) is 29.4 Å². The lowest BCUT2D eigenvalue weighted by molar-refractivity contribution is 0.289. The summed E-state index contributed by atoms with van der Waals surface area (Å²) in [5.41, 5.74) is 2.18. The van der Waals surface area contributed by atoms with E-state index in [-0.39, 0.29) is 0 Å². The van der Waals surface area contributed by atoms with E-state index >= 15 is 0 Å². The fourth-order valence-electron chi connectivity index (χ4n) is 3.14. The van der Waals surface area contributed by atoms with E-state index in [1.807, 2.05) is 30.3 Å². The van der Waals surface area contributed by atoms with Crippen molar-refractivity contribution in [1.82, 2.24) is 10.3 Å². The fourth-order valence-corrected chi connectivity index (χ4v) is 3.14. The van der Waals surface area contributed by atoms with Gasteiger partial charge in [-0.1, -0.05) is 31.2 Å². The molecule has 122 valence electrons. The van der Waals surface area contributed by atoms with Crippen molar-refractivity contribution in [2.75, 3.05) is 0 Å². The van der Waals surface area contributed by atoms with E-state index in [9.17, 15) is 0 Å². The van der Waals surface area contributed by atoms with E-state index in [1.165, 1.54) is 31.2 Å². The Morgan fingerprint density at radius 3 is 2.61 bits per heavy atom. The van der Waals surface area contributed by atoms with Gasteiger partial charge in [-0.05, 0) is 49.8 Å². The Balaban J connectivity index is 1.55. The summed E-state index contributed by atoms with van der Waals surface area (Å²) in [6.45, 7) is 3.74. The molecular formula is C20H26N2O. The number of nitrogens with one attached hydrogen (secondary N) is 1. The third-order valence-electron chi connectivity index (χ3n) is 4.67. The summed E-state index contributed by atoms with van der Waals surface area (Å²) in [6.07, 6.45) is 7.07. The number of aromatic nitrogens is 1. The maximum absolute atomic E-state index is 5.98. The first-order valence-electron chi connectivity index (χ1n) is 8.65. The Morgan fingerprint density at radius 2 is 1.83 bits per heavy atom. The van der Waals surface area contributed by atoms with Crippen LogP contribution in [0.25, 0.3) is 0 Å². The smallest absolute Gasteiger partial charge is 0.130 e. The lowest BCUT2D eigenvalue weighted by Crippen LogP contribution is -2.32. The van der Waals surface area contributed by atoms with E-state index in [0.717, 1.165) is 23.9 Å². The number of para-hydroxylation sites is 1. The fraction of sp³-hybridized carbons (Fsp3) is 0.450. The van der Waals surface area contributed by atoms with Gasteiger partial charge in [-0.3, -0.25) is 4.98 Å². The molecule has 1 heterocycles. The molecule has 0 unspecified atom stereocenters. The van der Waals surface area contributed by atoms with Gasteiger partial charge in [0, 0.05) is 24.3 Å². The molecule has 23 heavy (non-hydrogen) atoms. The zero-order valence-corrected chi connectivity index (χ0v) is 13.9. The molecule has 0 aliphatic heterocycles. The average Bonchev–Trinajstić information content (AvgIpc) is 2.61. The molecule has 1 aromatic heterocycles. The average molecular weight is 310 g/mol. The Kier molecular flexibility index (Phi) is 5.65. The summed E-state index contributed by atoms with van der Waals surface area (Å²) in [7, 11) is 0. The minimum atomic E-state index is 0.513. The van der Waals surface area contributed by atoms with Gasteiger partial charge in [0.2, 0.25) is 0 Å². The third kappa shape index (κ3) is 4.80. The van der Waals surface area contributed by atoms with Gasteiger partial charge in [-0.15, -0.1) is 0 Å². The van der Waals surface area contributed by atoms with Gasteiger partial charge in [0.05, 0.1) is 5.69 Å². The van der Waals surface area contributed by atoms with Crippen LogP contribution in [0.15, 0.2) is 48.7 Å². The molecule has 0 saturated heterocycles. The Hall–Kier alpha value is -1.87. The van der Waals surface area contributed by atoms with Gasteiger partial charge in [0.25, 0.3) is 0 Å². The van der Waals surface area contributed by atoms with Crippen LogP contribution in [-0.4, -0.2) is 11.0 Å². The number of hydrogen-bond acceptors (Lipinski definition) is 3. The highest BCUT2D eigenvalue weighted by atomic mass is 16.5. The topological polar surface area (TPSA) is 34.1 Å². The molecule has 3 heteroatoms. The van der Waals surface area contributed by atoms with E-state index in [0.29, 0.717) is 12.6 Å². The molecule has 1 saturated carbocycles. The van der Waals surface area contributed by atoms with Crippen molar-refractivity contribution in [1.29, 1.82) is 0 Å². The van der Waals surface area contributed by atoms with Gasteiger partial charge in [-0.25, -0.2) is 0 Å². The zero-order chi connectivity index (χ0) is 15.9. The highest BCUT2D eigenvalue weighted by Gasteiger charge is 2.17. The molecule has 3 nitrogen and oxygen atoms in total. The summed E-state index contributed by atoms with van der Waals surface area (Å²) < 4.78 is 5.98. The van der Waals surface area contributed by atoms with E-state index < -0.39 is 0 Å². The predicted octanol–water partition coefficient (Wildman–Crippen LogP) is 4.33. The van der Waals surface area contributed by atoms with Crippen LogP contribution in [0, 0.1) is 5.92 Å².